The highest BCUT2D eigenvalue weighted by molar-refractivity contribution is 6.42. The Kier molecular flexibility index (Phi) is 7.87. The van der Waals surface area contributed by atoms with Gasteiger partial charge in [0.05, 0.1) is 23.2 Å². The highest BCUT2D eigenvalue weighted by atomic mass is 35.5. The molecule has 190 valence electrons. The maximum absolute atomic E-state index is 13.5. The smallest absolute Gasteiger partial charge is 0.332 e. The molecule has 1 aliphatic carbocycles. The number of hydrogen-bond acceptors (Lipinski definition) is 7. The molecule has 3 aromatic rings. The number of fused-ring (bicyclic) bond motifs is 1. The Morgan fingerprint density at radius 3 is 2.69 bits per heavy atom. The third kappa shape index (κ3) is 5.12. The van der Waals surface area contributed by atoms with Gasteiger partial charge in [-0.15, -0.1) is 0 Å². The van der Waals surface area contributed by atoms with Gasteiger partial charge in [0, 0.05) is 32.7 Å². The molecule has 1 aliphatic rings. The Bertz CT molecular complexity index is 1330. The first-order chi connectivity index (χ1) is 16.7. The SMILES string of the molecule is COC(O)C1CCCC(Nc2nc3c(c(=O)n(Cc4ccc(Cl)c(Cl)c4)c(=O)n3C)n2CCO)C1. The van der Waals surface area contributed by atoms with E-state index in [1.54, 1.807) is 29.8 Å². The third-order valence-corrected chi connectivity index (χ3v) is 7.31. The van der Waals surface area contributed by atoms with Crippen LogP contribution in [0.2, 0.25) is 10.0 Å². The Hall–Kier alpha value is -2.37. The summed E-state index contributed by atoms with van der Waals surface area (Å²) < 4.78 is 9.15. The number of imidazole rings is 1. The van der Waals surface area contributed by atoms with Gasteiger partial charge < -0.3 is 24.8 Å². The maximum atomic E-state index is 13.5. The van der Waals surface area contributed by atoms with Gasteiger partial charge in [-0.3, -0.25) is 13.9 Å². The number of hydrogen-bond donors (Lipinski definition) is 3. The van der Waals surface area contributed by atoms with Crippen LogP contribution in [0, 0.1) is 5.92 Å². The van der Waals surface area contributed by atoms with E-state index in [1.165, 1.54) is 11.7 Å². The maximum Gasteiger partial charge on any atom is 0.332 e. The topological polar surface area (TPSA) is 124 Å². The summed E-state index contributed by atoms with van der Waals surface area (Å²) >= 11 is 12.1. The summed E-state index contributed by atoms with van der Waals surface area (Å²) in [6.45, 7) is -0.0919. The van der Waals surface area contributed by atoms with Gasteiger partial charge in [-0.05, 0) is 37.0 Å². The zero-order chi connectivity index (χ0) is 25.3. The second-order valence-electron chi connectivity index (χ2n) is 8.86. The molecule has 2 heterocycles. The minimum absolute atomic E-state index is 0.00458. The van der Waals surface area contributed by atoms with Crippen molar-refractivity contribution in [1.29, 1.82) is 0 Å². The number of aliphatic hydroxyl groups is 2. The molecule has 0 aliphatic heterocycles. The molecule has 1 saturated carbocycles. The number of benzene rings is 1. The van der Waals surface area contributed by atoms with Crippen molar-refractivity contribution in [2.75, 3.05) is 19.0 Å². The standard InChI is InChI=1S/C23H29Cl2N5O5/c1-28-19-18(20(32)30(23(28)34)12-13-6-7-16(24)17(25)10-13)29(8-9-31)22(27-19)26-15-5-3-4-14(11-15)21(33)35-2/h6-7,10,14-15,21,31,33H,3-5,8-9,11-12H2,1-2H3,(H,26,27). The predicted octanol–water partition coefficient (Wildman–Crippen LogP) is 2.18. The molecule has 0 amide bonds. The van der Waals surface area contributed by atoms with E-state index in [0.717, 1.165) is 23.8 Å². The number of nitrogens with one attached hydrogen (secondary N) is 1. The fourth-order valence-corrected chi connectivity index (χ4v) is 5.07. The summed E-state index contributed by atoms with van der Waals surface area (Å²) in [7, 11) is 3.03. The van der Waals surface area contributed by atoms with E-state index in [9.17, 15) is 19.8 Å². The third-order valence-electron chi connectivity index (χ3n) is 6.57. The van der Waals surface area contributed by atoms with Crippen LogP contribution in [0.5, 0.6) is 0 Å². The molecular formula is C23H29Cl2N5O5. The molecule has 1 aromatic carbocycles. The average molecular weight is 526 g/mol. The molecule has 1 fully saturated rings. The number of nitrogens with zero attached hydrogens (tertiary/aromatic N) is 4. The van der Waals surface area contributed by atoms with Crippen molar-refractivity contribution in [2.45, 2.75) is 51.1 Å². The number of ether oxygens (including phenoxy) is 1. The van der Waals surface area contributed by atoms with Gasteiger partial charge in [0.15, 0.2) is 17.5 Å². The lowest BCUT2D eigenvalue weighted by Gasteiger charge is -2.32. The molecular weight excluding hydrogens is 497 g/mol. The highest BCUT2D eigenvalue weighted by Crippen LogP contribution is 2.30. The normalized spacial score (nSPS) is 19.3. The lowest BCUT2D eigenvalue weighted by atomic mass is 9.85. The lowest BCUT2D eigenvalue weighted by Crippen LogP contribution is -2.40. The van der Waals surface area contributed by atoms with Gasteiger partial charge in [0.1, 0.15) is 0 Å². The van der Waals surface area contributed by atoms with E-state index in [4.69, 9.17) is 27.9 Å². The summed E-state index contributed by atoms with van der Waals surface area (Å²) in [6.07, 6.45) is 2.44. The quantitative estimate of drug-likeness (QED) is 0.385. The second kappa shape index (κ2) is 10.7. The molecule has 10 nitrogen and oxygen atoms in total. The zero-order valence-corrected chi connectivity index (χ0v) is 21.1. The molecule has 0 saturated heterocycles. The Morgan fingerprint density at radius 2 is 2.00 bits per heavy atom. The van der Waals surface area contributed by atoms with Crippen molar-refractivity contribution in [3.8, 4) is 0 Å². The van der Waals surface area contributed by atoms with Crippen molar-refractivity contribution in [1.82, 2.24) is 18.7 Å². The lowest BCUT2D eigenvalue weighted by molar-refractivity contribution is -0.120. The largest absolute Gasteiger partial charge is 0.395 e. The number of aromatic nitrogens is 4. The van der Waals surface area contributed by atoms with E-state index in [2.05, 4.69) is 10.3 Å². The molecule has 3 unspecified atom stereocenters. The van der Waals surface area contributed by atoms with Crippen molar-refractivity contribution in [2.24, 2.45) is 13.0 Å². The second-order valence-corrected chi connectivity index (χ2v) is 9.67. The van der Waals surface area contributed by atoms with Crippen molar-refractivity contribution >= 4 is 40.3 Å². The Labute approximate surface area is 211 Å². The minimum Gasteiger partial charge on any atom is -0.395 e. The molecule has 0 bridgehead atoms. The number of aliphatic hydroxyl groups excluding tert-OH is 2. The molecule has 0 radical (unpaired) electrons. The van der Waals surface area contributed by atoms with Crippen LogP contribution in [0.4, 0.5) is 5.95 Å². The number of anilines is 1. The minimum atomic E-state index is -0.842. The summed E-state index contributed by atoms with van der Waals surface area (Å²) in [5.74, 6) is 0.376. The molecule has 3 atom stereocenters. The Balaban J connectivity index is 1.75. The molecule has 2 aromatic heterocycles. The van der Waals surface area contributed by atoms with Crippen LogP contribution in [0.1, 0.15) is 31.2 Å². The Morgan fingerprint density at radius 1 is 1.23 bits per heavy atom. The number of aryl methyl sites for hydroxylation is 1. The van der Waals surface area contributed by atoms with Gasteiger partial charge in [-0.1, -0.05) is 35.7 Å². The van der Waals surface area contributed by atoms with Gasteiger partial charge in [-0.25, -0.2) is 4.79 Å². The van der Waals surface area contributed by atoms with Crippen LogP contribution in [0.3, 0.4) is 0 Å². The van der Waals surface area contributed by atoms with Crippen LogP contribution >= 0.6 is 23.2 Å². The molecule has 12 heteroatoms. The van der Waals surface area contributed by atoms with Crippen molar-refractivity contribution in [3.63, 3.8) is 0 Å². The van der Waals surface area contributed by atoms with Crippen LogP contribution in [0.15, 0.2) is 27.8 Å². The van der Waals surface area contributed by atoms with Gasteiger partial charge in [0.25, 0.3) is 5.56 Å². The van der Waals surface area contributed by atoms with Crippen molar-refractivity contribution in [3.05, 3.63) is 54.6 Å². The molecule has 4 rings (SSSR count). The van der Waals surface area contributed by atoms with Crippen molar-refractivity contribution < 1.29 is 14.9 Å². The highest BCUT2D eigenvalue weighted by Gasteiger charge is 2.29. The van der Waals surface area contributed by atoms with E-state index in [-0.39, 0.29) is 42.8 Å². The first-order valence-corrected chi connectivity index (χ1v) is 12.2. The number of halogens is 2. The number of rotatable bonds is 8. The van der Waals surface area contributed by atoms with Gasteiger partial charge in [-0.2, -0.15) is 4.98 Å². The molecule has 3 N–H and O–H groups in total. The van der Waals surface area contributed by atoms with E-state index in [0.29, 0.717) is 28.0 Å². The van der Waals surface area contributed by atoms with Crippen LogP contribution in [-0.4, -0.2) is 54.9 Å². The molecule has 0 spiro atoms. The fraction of sp³-hybridized carbons (Fsp3) is 0.522. The first kappa shape index (κ1) is 25.7. The monoisotopic (exact) mass is 525 g/mol. The van der Waals surface area contributed by atoms with Crippen LogP contribution in [0.25, 0.3) is 11.2 Å². The van der Waals surface area contributed by atoms with E-state index >= 15 is 0 Å². The summed E-state index contributed by atoms with van der Waals surface area (Å²) in [4.78, 5) is 31.2. The van der Waals surface area contributed by atoms with E-state index in [1.807, 2.05) is 0 Å². The fourth-order valence-electron chi connectivity index (χ4n) is 4.75. The van der Waals surface area contributed by atoms with Gasteiger partial charge in [0.2, 0.25) is 5.95 Å². The summed E-state index contributed by atoms with van der Waals surface area (Å²) in [5.41, 5.74) is 0.0577. The summed E-state index contributed by atoms with van der Waals surface area (Å²) in [5, 5.41) is 23.9. The van der Waals surface area contributed by atoms with Gasteiger partial charge >= 0.3 is 5.69 Å². The average Bonchev–Trinajstić information content (AvgIpc) is 3.20. The predicted molar refractivity (Wildman–Crippen MR) is 134 cm³/mol. The zero-order valence-electron chi connectivity index (χ0n) is 19.6. The molecule has 35 heavy (non-hydrogen) atoms. The van der Waals surface area contributed by atoms with E-state index < -0.39 is 17.5 Å². The summed E-state index contributed by atoms with van der Waals surface area (Å²) in [6, 6.07) is 4.93. The number of methoxy groups -OCH3 is 1. The van der Waals surface area contributed by atoms with Crippen LogP contribution in [-0.2, 0) is 24.9 Å². The first-order valence-electron chi connectivity index (χ1n) is 11.5. The van der Waals surface area contributed by atoms with Crippen LogP contribution < -0.4 is 16.6 Å².